The highest BCUT2D eigenvalue weighted by Gasteiger charge is 2.13. The lowest BCUT2D eigenvalue weighted by Gasteiger charge is -2.22. The molecule has 1 aliphatic heterocycles. The zero-order valence-corrected chi connectivity index (χ0v) is 13.2. The van der Waals surface area contributed by atoms with Crippen LogP contribution in [0.25, 0.3) is 0 Å². The Kier molecular flexibility index (Phi) is 6.87. The second-order valence-corrected chi connectivity index (χ2v) is 6.20. The van der Waals surface area contributed by atoms with Crippen molar-refractivity contribution in [1.29, 1.82) is 0 Å². The summed E-state index contributed by atoms with van der Waals surface area (Å²) in [4.78, 5) is 10.7. The molecule has 4 nitrogen and oxygen atoms in total. The molecule has 1 aromatic carbocycles. The monoisotopic (exact) mass is 305 g/mol. The molecule has 1 saturated heterocycles. The Hall–Kier alpha value is -1.39. The zero-order valence-electron chi connectivity index (χ0n) is 13.2. The summed E-state index contributed by atoms with van der Waals surface area (Å²) in [5.41, 5.74) is 7.83. The van der Waals surface area contributed by atoms with Crippen molar-refractivity contribution in [1.82, 2.24) is 0 Å². The SMILES string of the molecule is NC(Cc1ccc(CCCCC2CCCCO2)cc1)C(=O)O. The van der Waals surface area contributed by atoms with Gasteiger partial charge in [0.15, 0.2) is 0 Å². The van der Waals surface area contributed by atoms with E-state index in [1.165, 1.54) is 44.1 Å². The third-order valence-electron chi connectivity index (χ3n) is 4.31. The van der Waals surface area contributed by atoms with E-state index in [9.17, 15) is 4.79 Å². The van der Waals surface area contributed by atoms with Crippen molar-refractivity contribution < 1.29 is 14.6 Å². The minimum absolute atomic E-state index is 0.384. The van der Waals surface area contributed by atoms with Crippen LogP contribution in [0.4, 0.5) is 0 Å². The molecule has 3 N–H and O–H groups in total. The second kappa shape index (κ2) is 8.91. The lowest BCUT2D eigenvalue weighted by Crippen LogP contribution is -2.32. The number of aliphatic carboxylic acids is 1. The molecule has 122 valence electrons. The van der Waals surface area contributed by atoms with Crippen LogP contribution in [-0.2, 0) is 22.4 Å². The summed E-state index contributed by atoms with van der Waals surface area (Å²) in [6, 6.07) is 7.33. The van der Waals surface area contributed by atoms with Gasteiger partial charge in [0, 0.05) is 6.61 Å². The number of hydrogen-bond donors (Lipinski definition) is 2. The topological polar surface area (TPSA) is 72.5 Å². The number of aryl methyl sites for hydroxylation is 1. The van der Waals surface area contributed by atoms with Crippen molar-refractivity contribution in [3.05, 3.63) is 35.4 Å². The van der Waals surface area contributed by atoms with Crippen LogP contribution in [-0.4, -0.2) is 29.8 Å². The molecule has 1 heterocycles. The standard InChI is InChI=1S/C18H27NO3/c19-17(18(20)21)13-15-10-8-14(9-11-15)5-1-2-6-16-7-3-4-12-22-16/h8-11,16-17H,1-7,12-13,19H2,(H,20,21). The van der Waals surface area contributed by atoms with E-state index in [4.69, 9.17) is 15.6 Å². The fourth-order valence-electron chi connectivity index (χ4n) is 2.92. The van der Waals surface area contributed by atoms with Gasteiger partial charge in [0.1, 0.15) is 6.04 Å². The molecule has 0 aromatic heterocycles. The second-order valence-electron chi connectivity index (χ2n) is 6.20. The van der Waals surface area contributed by atoms with Crippen molar-refractivity contribution >= 4 is 5.97 Å². The van der Waals surface area contributed by atoms with Crippen molar-refractivity contribution in [2.24, 2.45) is 5.73 Å². The summed E-state index contributed by atoms with van der Waals surface area (Å²) < 4.78 is 5.74. The lowest BCUT2D eigenvalue weighted by molar-refractivity contribution is -0.138. The molecular formula is C18H27NO3. The molecule has 1 aromatic rings. The molecule has 2 rings (SSSR count). The number of carboxylic acids is 1. The maximum absolute atomic E-state index is 10.7. The van der Waals surface area contributed by atoms with Crippen LogP contribution < -0.4 is 5.73 Å². The van der Waals surface area contributed by atoms with Gasteiger partial charge < -0.3 is 15.6 Å². The van der Waals surface area contributed by atoms with Gasteiger partial charge in [0.25, 0.3) is 0 Å². The van der Waals surface area contributed by atoms with Gasteiger partial charge in [-0.2, -0.15) is 0 Å². The molecule has 0 amide bonds. The predicted octanol–water partition coefficient (Wildman–Crippen LogP) is 2.92. The smallest absolute Gasteiger partial charge is 0.320 e. The van der Waals surface area contributed by atoms with Crippen molar-refractivity contribution in [2.75, 3.05) is 6.61 Å². The highest BCUT2D eigenvalue weighted by molar-refractivity contribution is 5.73. The normalized spacial score (nSPS) is 19.8. The van der Waals surface area contributed by atoms with Crippen molar-refractivity contribution in [3.63, 3.8) is 0 Å². The minimum Gasteiger partial charge on any atom is -0.480 e. The van der Waals surface area contributed by atoms with Gasteiger partial charge in [-0.1, -0.05) is 30.7 Å². The predicted molar refractivity (Wildman–Crippen MR) is 86.9 cm³/mol. The van der Waals surface area contributed by atoms with E-state index >= 15 is 0 Å². The van der Waals surface area contributed by atoms with Gasteiger partial charge in [0.2, 0.25) is 0 Å². The maximum atomic E-state index is 10.7. The number of ether oxygens (including phenoxy) is 1. The van der Waals surface area contributed by atoms with Crippen LogP contribution >= 0.6 is 0 Å². The van der Waals surface area contributed by atoms with Gasteiger partial charge >= 0.3 is 5.97 Å². The van der Waals surface area contributed by atoms with Gasteiger partial charge in [0.05, 0.1) is 6.10 Å². The fraction of sp³-hybridized carbons (Fsp3) is 0.611. The van der Waals surface area contributed by atoms with E-state index in [1.807, 2.05) is 12.1 Å². The molecule has 22 heavy (non-hydrogen) atoms. The van der Waals surface area contributed by atoms with Gasteiger partial charge in [-0.25, -0.2) is 0 Å². The first-order chi connectivity index (χ1) is 10.6. The van der Waals surface area contributed by atoms with E-state index in [-0.39, 0.29) is 0 Å². The van der Waals surface area contributed by atoms with Crippen LogP contribution in [0.15, 0.2) is 24.3 Å². The summed E-state index contributed by atoms with van der Waals surface area (Å²) in [5, 5.41) is 8.81. The largest absolute Gasteiger partial charge is 0.480 e. The number of rotatable bonds is 8. The third kappa shape index (κ3) is 5.78. The Morgan fingerprint density at radius 2 is 1.95 bits per heavy atom. The summed E-state index contributed by atoms with van der Waals surface area (Å²) in [6.45, 7) is 0.935. The number of unbranched alkanes of at least 4 members (excludes halogenated alkanes) is 1. The van der Waals surface area contributed by atoms with Crippen LogP contribution in [0.5, 0.6) is 0 Å². The first-order valence-electron chi connectivity index (χ1n) is 8.33. The summed E-state index contributed by atoms with van der Waals surface area (Å²) in [6.07, 6.45) is 9.23. The van der Waals surface area contributed by atoms with Crippen LogP contribution in [0.2, 0.25) is 0 Å². The molecule has 1 aliphatic rings. The molecular weight excluding hydrogens is 278 g/mol. The van der Waals surface area contributed by atoms with Crippen LogP contribution in [0.1, 0.15) is 49.7 Å². The van der Waals surface area contributed by atoms with E-state index < -0.39 is 12.0 Å². The summed E-state index contributed by atoms with van der Waals surface area (Å²) in [5.74, 6) is -0.950. The number of hydrogen-bond acceptors (Lipinski definition) is 3. The Labute approximate surface area is 132 Å². The summed E-state index contributed by atoms with van der Waals surface area (Å²) in [7, 11) is 0. The average Bonchev–Trinajstić information content (AvgIpc) is 2.54. The minimum atomic E-state index is -0.950. The molecule has 0 aliphatic carbocycles. The Morgan fingerprint density at radius 3 is 2.59 bits per heavy atom. The molecule has 0 radical (unpaired) electrons. The van der Waals surface area contributed by atoms with Crippen LogP contribution in [0.3, 0.4) is 0 Å². The number of carboxylic acid groups (broad SMARTS) is 1. The maximum Gasteiger partial charge on any atom is 0.320 e. The lowest BCUT2D eigenvalue weighted by atomic mass is 9.99. The van der Waals surface area contributed by atoms with Gasteiger partial charge in [-0.15, -0.1) is 0 Å². The molecule has 4 heteroatoms. The van der Waals surface area contributed by atoms with E-state index in [0.717, 1.165) is 18.6 Å². The molecule has 0 saturated carbocycles. The van der Waals surface area contributed by atoms with Gasteiger partial charge in [-0.3, -0.25) is 4.79 Å². The Bertz CT molecular complexity index is 452. The van der Waals surface area contributed by atoms with E-state index in [0.29, 0.717) is 12.5 Å². The Morgan fingerprint density at radius 1 is 1.23 bits per heavy atom. The summed E-state index contributed by atoms with van der Waals surface area (Å²) >= 11 is 0. The average molecular weight is 305 g/mol. The molecule has 2 atom stereocenters. The van der Waals surface area contributed by atoms with Crippen LogP contribution in [0, 0.1) is 0 Å². The number of benzene rings is 1. The van der Waals surface area contributed by atoms with E-state index in [2.05, 4.69) is 12.1 Å². The fourth-order valence-corrected chi connectivity index (χ4v) is 2.92. The first kappa shape index (κ1) is 17.0. The quantitative estimate of drug-likeness (QED) is 0.724. The molecule has 0 bridgehead atoms. The molecule has 1 fully saturated rings. The highest BCUT2D eigenvalue weighted by Crippen LogP contribution is 2.18. The first-order valence-corrected chi connectivity index (χ1v) is 8.33. The van der Waals surface area contributed by atoms with Gasteiger partial charge in [-0.05, 0) is 56.1 Å². The molecule has 2 unspecified atom stereocenters. The Balaban J connectivity index is 1.66. The zero-order chi connectivity index (χ0) is 15.8. The molecule has 0 spiro atoms. The highest BCUT2D eigenvalue weighted by atomic mass is 16.5. The number of carbonyl (C=O) groups is 1. The third-order valence-corrected chi connectivity index (χ3v) is 4.31. The van der Waals surface area contributed by atoms with E-state index in [1.54, 1.807) is 0 Å². The number of nitrogens with two attached hydrogens (primary N) is 1. The van der Waals surface area contributed by atoms with Crippen molar-refractivity contribution in [2.45, 2.75) is 63.5 Å². The van der Waals surface area contributed by atoms with Crippen molar-refractivity contribution in [3.8, 4) is 0 Å².